The summed E-state index contributed by atoms with van der Waals surface area (Å²) in [6, 6.07) is 13.9. The van der Waals surface area contributed by atoms with E-state index in [0.29, 0.717) is 22.0 Å². The molecule has 18 heavy (non-hydrogen) atoms. The van der Waals surface area contributed by atoms with Crippen LogP contribution in [0, 0.1) is 0 Å². The molecule has 1 atom stereocenters. The molecule has 0 radical (unpaired) electrons. The Balaban J connectivity index is 2.14. The van der Waals surface area contributed by atoms with Gasteiger partial charge in [-0.1, -0.05) is 23.7 Å². The van der Waals surface area contributed by atoms with Gasteiger partial charge in [0.05, 0.1) is 20.2 Å². The van der Waals surface area contributed by atoms with Crippen molar-refractivity contribution in [1.29, 1.82) is 0 Å². The molecule has 5 heteroatoms. The molecule has 0 bridgehead atoms. The van der Waals surface area contributed by atoms with Crippen LogP contribution in [0.4, 0.5) is 5.69 Å². The van der Waals surface area contributed by atoms with Crippen LogP contribution in [0.3, 0.4) is 0 Å². The first kappa shape index (κ1) is 12.9. The molecule has 3 nitrogen and oxygen atoms in total. The standard InChI is InChI=1S/C13H11ClNO2P/c14-11-3-1-2-4-12(11)15-13(16)9-5-7-10(17-18)8-6-9/h1-8H,18H2,(H,15,16). The topological polar surface area (TPSA) is 38.3 Å². The molecule has 2 rings (SSSR count). The molecular formula is C13H11ClNO2P. The Morgan fingerprint density at radius 3 is 2.39 bits per heavy atom. The first-order valence-electron chi connectivity index (χ1n) is 5.23. The van der Waals surface area contributed by atoms with E-state index in [2.05, 4.69) is 14.8 Å². The Morgan fingerprint density at radius 2 is 1.78 bits per heavy atom. The van der Waals surface area contributed by atoms with Crippen molar-refractivity contribution < 1.29 is 9.32 Å². The van der Waals surface area contributed by atoms with Gasteiger partial charge in [-0.2, -0.15) is 0 Å². The smallest absolute Gasteiger partial charge is 0.255 e. The molecule has 0 saturated carbocycles. The summed E-state index contributed by atoms with van der Waals surface area (Å²) in [4.78, 5) is 12.0. The second-order valence-corrected chi connectivity index (χ2v) is 4.22. The molecule has 0 aliphatic heterocycles. The van der Waals surface area contributed by atoms with Gasteiger partial charge in [-0.05, 0) is 36.4 Å². The molecule has 1 amide bonds. The number of anilines is 1. The Morgan fingerprint density at radius 1 is 1.11 bits per heavy atom. The van der Waals surface area contributed by atoms with Gasteiger partial charge < -0.3 is 9.84 Å². The van der Waals surface area contributed by atoms with Crippen molar-refractivity contribution in [2.24, 2.45) is 0 Å². The SMILES string of the molecule is O=C(Nc1ccccc1Cl)c1ccc(OP)cc1. The lowest BCUT2D eigenvalue weighted by Crippen LogP contribution is -2.11. The minimum absolute atomic E-state index is 0.210. The van der Waals surface area contributed by atoms with E-state index in [-0.39, 0.29) is 5.91 Å². The van der Waals surface area contributed by atoms with Crippen LogP contribution < -0.4 is 9.84 Å². The van der Waals surface area contributed by atoms with Gasteiger partial charge in [0, 0.05) is 5.56 Å². The van der Waals surface area contributed by atoms with Crippen LogP contribution in [0.15, 0.2) is 48.5 Å². The molecule has 0 aromatic heterocycles. The van der Waals surface area contributed by atoms with Crippen LogP contribution in [0.2, 0.25) is 5.02 Å². The average Bonchev–Trinajstić information content (AvgIpc) is 2.41. The number of carbonyl (C=O) groups excluding carboxylic acids is 1. The molecule has 0 spiro atoms. The molecule has 0 saturated heterocycles. The van der Waals surface area contributed by atoms with E-state index in [1.165, 1.54) is 0 Å². The lowest BCUT2D eigenvalue weighted by atomic mass is 10.2. The van der Waals surface area contributed by atoms with Crippen molar-refractivity contribution in [3.8, 4) is 5.75 Å². The summed E-state index contributed by atoms with van der Waals surface area (Å²) in [6.45, 7) is 0. The minimum atomic E-state index is -0.210. The van der Waals surface area contributed by atoms with Crippen LogP contribution in [-0.4, -0.2) is 5.91 Å². The van der Waals surface area contributed by atoms with E-state index >= 15 is 0 Å². The Bertz CT molecular complexity index is 557. The monoisotopic (exact) mass is 279 g/mol. The predicted octanol–water partition coefficient (Wildman–Crippen LogP) is 3.76. The quantitative estimate of drug-likeness (QED) is 0.869. The fourth-order valence-electron chi connectivity index (χ4n) is 1.44. The van der Waals surface area contributed by atoms with E-state index in [1.54, 1.807) is 36.4 Å². The summed E-state index contributed by atoms with van der Waals surface area (Å²) < 4.78 is 4.95. The molecule has 0 aliphatic rings. The van der Waals surface area contributed by atoms with Crippen molar-refractivity contribution in [3.05, 3.63) is 59.1 Å². The summed E-state index contributed by atoms with van der Waals surface area (Å²) in [7, 11) is 2.15. The maximum Gasteiger partial charge on any atom is 0.255 e. The van der Waals surface area contributed by atoms with Crippen molar-refractivity contribution >= 4 is 32.7 Å². The van der Waals surface area contributed by atoms with E-state index < -0.39 is 0 Å². The number of benzene rings is 2. The number of para-hydroxylation sites is 1. The molecule has 92 valence electrons. The fourth-order valence-corrected chi connectivity index (χ4v) is 1.78. The number of rotatable bonds is 3. The molecule has 1 unspecified atom stereocenters. The summed E-state index contributed by atoms with van der Waals surface area (Å²) in [5.41, 5.74) is 1.14. The van der Waals surface area contributed by atoms with Crippen LogP contribution in [0.1, 0.15) is 10.4 Å². The Labute approximate surface area is 112 Å². The van der Waals surface area contributed by atoms with E-state index in [4.69, 9.17) is 16.1 Å². The highest BCUT2D eigenvalue weighted by Crippen LogP contribution is 2.21. The third-order valence-electron chi connectivity index (χ3n) is 2.37. The van der Waals surface area contributed by atoms with Crippen LogP contribution in [0.5, 0.6) is 5.75 Å². The van der Waals surface area contributed by atoms with E-state index in [9.17, 15) is 4.79 Å². The van der Waals surface area contributed by atoms with Crippen molar-refractivity contribution in [3.63, 3.8) is 0 Å². The van der Waals surface area contributed by atoms with Crippen LogP contribution >= 0.6 is 21.1 Å². The molecule has 0 fully saturated rings. The van der Waals surface area contributed by atoms with Crippen molar-refractivity contribution in [2.45, 2.75) is 0 Å². The number of nitrogens with one attached hydrogen (secondary N) is 1. The van der Waals surface area contributed by atoms with Crippen molar-refractivity contribution in [1.82, 2.24) is 0 Å². The Kier molecular flexibility index (Phi) is 4.19. The molecule has 0 heterocycles. The van der Waals surface area contributed by atoms with Gasteiger partial charge in [-0.25, -0.2) is 0 Å². The lowest BCUT2D eigenvalue weighted by Gasteiger charge is -2.07. The number of halogens is 1. The fraction of sp³-hybridized carbons (Fsp3) is 0. The third kappa shape index (κ3) is 3.00. The zero-order chi connectivity index (χ0) is 13.0. The van der Waals surface area contributed by atoms with Crippen LogP contribution in [-0.2, 0) is 0 Å². The highest BCUT2D eigenvalue weighted by Gasteiger charge is 2.07. The summed E-state index contributed by atoms with van der Waals surface area (Å²) in [6.07, 6.45) is 0. The number of carbonyl (C=O) groups is 1. The number of hydrogen-bond donors (Lipinski definition) is 1. The zero-order valence-corrected chi connectivity index (χ0v) is 11.3. The van der Waals surface area contributed by atoms with E-state index in [0.717, 1.165) is 0 Å². The molecular weight excluding hydrogens is 269 g/mol. The van der Waals surface area contributed by atoms with Gasteiger partial charge in [0.25, 0.3) is 5.91 Å². The zero-order valence-electron chi connectivity index (χ0n) is 9.39. The largest absolute Gasteiger partial charge is 0.480 e. The van der Waals surface area contributed by atoms with E-state index in [1.807, 2.05) is 12.1 Å². The molecule has 2 aromatic carbocycles. The first-order chi connectivity index (χ1) is 8.70. The third-order valence-corrected chi connectivity index (χ3v) is 2.98. The normalized spacial score (nSPS) is 9.89. The maximum atomic E-state index is 12.0. The molecule has 0 aliphatic carbocycles. The average molecular weight is 280 g/mol. The second kappa shape index (κ2) is 5.85. The maximum absolute atomic E-state index is 12.0. The summed E-state index contributed by atoms with van der Waals surface area (Å²) in [5.74, 6) is 0.465. The summed E-state index contributed by atoms with van der Waals surface area (Å²) in [5, 5.41) is 3.26. The lowest BCUT2D eigenvalue weighted by molar-refractivity contribution is 0.102. The van der Waals surface area contributed by atoms with Crippen molar-refractivity contribution in [2.75, 3.05) is 5.32 Å². The Hall–Kier alpha value is -1.57. The number of hydrogen-bond acceptors (Lipinski definition) is 2. The summed E-state index contributed by atoms with van der Waals surface area (Å²) >= 11 is 5.97. The molecule has 2 aromatic rings. The predicted molar refractivity (Wildman–Crippen MR) is 76.2 cm³/mol. The molecule has 1 N–H and O–H groups in total. The number of amides is 1. The highest BCUT2D eigenvalue weighted by molar-refractivity contribution is 7.10. The second-order valence-electron chi connectivity index (χ2n) is 3.58. The van der Waals surface area contributed by atoms with Gasteiger partial charge >= 0.3 is 0 Å². The van der Waals surface area contributed by atoms with Gasteiger partial charge in [0.1, 0.15) is 5.75 Å². The highest BCUT2D eigenvalue weighted by atomic mass is 35.5. The van der Waals surface area contributed by atoms with Gasteiger partial charge in [-0.15, -0.1) is 0 Å². The van der Waals surface area contributed by atoms with Gasteiger partial charge in [-0.3, -0.25) is 4.79 Å². The van der Waals surface area contributed by atoms with Gasteiger partial charge in [0.15, 0.2) is 0 Å². The first-order valence-corrected chi connectivity index (χ1v) is 6.08. The van der Waals surface area contributed by atoms with Crippen LogP contribution in [0.25, 0.3) is 0 Å². The minimum Gasteiger partial charge on any atom is -0.480 e. The van der Waals surface area contributed by atoms with Gasteiger partial charge in [0.2, 0.25) is 0 Å².